The Bertz CT molecular complexity index is 639. The van der Waals surface area contributed by atoms with Gasteiger partial charge in [0.15, 0.2) is 9.90 Å². The van der Waals surface area contributed by atoms with E-state index in [0.29, 0.717) is 19.6 Å². The van der Waals surface area contributed by atoms with E-state index in [4.69, 9.17) is 0 Å². The molecule has 7 nitrogen and oxygen atoms in total. The maximum atomic E-state index is 12.8. The summed E-state index contributed by atoms with van der Waals surface area (Å²) in [5, 5.41) is 0. The first kappa shape index (κ1) is 16.3. The van der Waals surface area contributed by atoms with Crippen molar-refractivity contribution in [2.45, 2.75) is 23.6 Å². The molecule has 0 amide bonds. The molecule has 0 bridgehead atoms. The monoisotopic (exact) mass is 333 g/mol. The fraction of sp³-hybridized carbons (Fsp3) is 0.667. The van der Waals surface area contributed by atoms with Gasteiger partial charge in [-0.05, 0) is 20.9 Å². The van der Waals surface area contributed by atoms with Gasteiger partial charge in [-0.25, -0.2) is 18.2 Å². The molecule has 2 rings (SSSR count). The van der Waals surface area contributed by atoms with E-state index in [1.54, 1.807) is 0 Å². The van der Waals surface area contributed by atoms with Gasteiger partial charge in [-0.3, -0.25) is 4.90 Å². The zero-order valence-corrected chi connectivity index (χ0v) is 14.1. The van der Waals surface area contributed by atoms with Gasteiger partial charge in [0.2, 0.25) is 0 Å². The van der Waals surface area contributed by atoms with Gasteiger partial charge in [0, 0.05) is 25.2 Å². The van der Waals surface area contributed by atoms with Gasteiger partial charge in [0.05, 0.1) is 12.6 Å². The quantitative estimate of drug-likeness (QED) is 0.756. The van der Waals surface area contributed by atoms with Crippen molar-refractivity contribution < 1.29 is 17.9 Å². The van der Waals surface area contributed by atoms with Gasteiger partial charge in [-0.15, -0.1) is 11.3 Å². The van der Waals surface area contributed by atoms with Crippen LogP contribution in [0.1, 0.15) is 24.3 Å². The zero-order chi connectivity index (χ0) is 15.8. The van der Waals surface area contributed by atoms with Crippen LogP contribution in [0.15, 0.2) is 9.72 Å². The topological polar surface area (TPSA) is 79.8 Å². The minimum atomic E-state index is -3.74. The van der Waals surface area contributed by atoms with E-state index in [1.165, 1.54) is 16.9 Å². The van der Waals surface area contributed by atoms with Crippen LogP contribution in [-0.4, -0.2) is 67.9 Å². The number of sulfonamides is 1. The SMILES string of the molecule is COC(=O)c1ncsc1S(=O)(=O)N1CCN(C)C(C)(C)C1. The van der Waals surface area contributed by atoms with Crippen molar-refractivity contribution in [1.82, 2.24) is 14.2 Å². The fourth-order valence-electron chi connectivity index (χ4n) is 2.17. The minimum absolute atomic E-state index is 0.0466. The number of nitrogens with zero attached hydrogens (tertiary/aromatic N) is 3. The van der Waals surface area contributed by atoms with Crippen molar-refractivity contribution in [3.63, 3.8) is 0 Å². The second kappa shape index (κ2) is 5.64. The van der Waals surface area contributed by atoms with Crippen LogP contribution in [0.25, 0.3) is 0 Å². The van der Waals surface area contributed by atoms with Crippen LogP contribution in [0.4, 0.5) is 0 Å². The van der Waals surface area contributed by atoms with E-state index < -0.39 is 16.0 Å². The number of piperazine rings is 1. The number of ether oxygens (including phenoxy) is 1. The van der Waals surface area contributed by atoms with E-state index in [0.717, 1.165) is 11.3 Å². The van der Waals surface area contributed by atoms with Crippen LogP contribution in [0.3, 0.4) is 0 Å². The predicted molar refractivity (Wildman–Crippen MR) is 78.9 cm³/mol. The second-order valence-electron chi connectivity index (χ2n) is 5.55. The molecule has 1 fully saturated rings. The van der Waals surface area contributed by atoms with Gasteiger partial charge >= 0.3 is 5.97 Å². The van der Waals surface area contributed by atoms with E-state index >= 15 is 0 Å². The summed E-state index contributed by atoms with van der Waals surface area (Å²) in [7, 11) is -0.563. The van der Waals surface area contributed by atoms with Gasteiger partial charge in [-0.2, -0.15) is 4.31 Å². The minimum Gasteiger partial charge on any atom is -0.464 e. The number of aromatic nitrogens is 1. The van der Waals surface area contributed by atoms with Gasteiger partial charge in [0.1, 0.15) is 0 Å². The molecule has 0 aromatic carbocycles. The lowest BCUT2D eigenvalue weighted by atomic mass is 10.0. The van der Waals surface area contributed by atoms with Crippen molar-refractivity contribution >= 4 is 27.3 Å². The van der Waals surface area contributed by atoms with Crippen LogP contribution in [0.5, 0.6) is 0 Å². The molecule has 21 heavy (non-hydrogen) atoms. The third kappa shape index (κ3) is 2.96. The second-order valence-corrected chi connectivity index (χ2v) is 8.54. The molecule has 1 aromatic rings. The van der Waals surface area contributed by atoms with E-state index in [1.807, 2.05) is 20.9 Å². The molecular formula is C12H19N3O4S2. The van der Waals surface area contributed by atoms with Crippen LogP contribution in [0.2, 0.25) is 0 Å². The van der Waals surface area contributed by atoms with E-state index in [9.17, 15) is 13.2 Å². The third-order valence-corrected chi connectivity index (χ3v) is 6.96. The number of likely N-dealkylation sites (N-methyl/N-ethyl adjacent to an activating group) is 1. The lowest BCUT2D eigenvalue weighted by Crippen LogP contribution is -2.58. The maximum Gasteiger partial charge on any atom is 0.358 e. The highest BCUT2D eigenvalue weighted by Crippen LogP contribution is 2.29. The molecule has 0 aliphatic carbocycles. The normalized spacial score (nSPS) is 20.4. The summed E-state index contributed by atoms with van der Waals surface area (Å²) >= 11 is 0.940. The van der Waals surface area contributed by atoms with Gasteiger partial charge in [0.25, 0.3) is 10.0 Å². The summed E-state index contributed by atoms with van der Waals surface area (Å²) in [5.41, 5.74) is 0.946. The van der Waals surface area contributed by atoms with Crippen molar-refractivity contribution in [3.05, 3.63) is 11.2 Å². The maximum absolute atomic E-state index is 12.8. The summed E-state index contributed by atoms with van der Waals surface area (Å²) in [6.07, 6.45) is 0. The molecular weight excluding hydrogens is 314 g/mol. The Hall–Kier alpha value is -1.03. The Morgan fingerprint density at radius 3 is 2.67 bits per heavy atom. The van der Waals surface area contributed by atoms with E-state index in [-0.39, 0.29) is 15.4 Å². The Morgan fingerprint density at radius 2 is 2.10 bits per heavy atom. The lowest BCUT2D eigenvalue weighted by Gasteiger charge is -2.44. The molecule has 1 aromatic heterocycles. The van der Waals surface area contributed by atoms with Gasteiger partial charge in [-0.1, -0.05) is 0 Å². The Kier molecular flexibility index (Phi) is 4.39. The van der Waals surface area contributed by atoms with Crippen molar-refractivity contribution in [2.24, 2.45) is 0 Å². The summed E-state index contributed by atoms with van der Waals surface area (Å²) < 4.78 is 31.5. The largest absolute Gasteiger partial charge is 0.464 e. The molecule has 1 saturated heterocycles. The number of hydrogen-bond acceptors (Lipinski definition) is 7. The van der Waals surface area contributed by atoms with Crippen LogP contribution in [-0.2, 0) is 14.8 Å². The average molecular weight is 333 g/mol. The molecule has 1 aliphatic heterocycles. The summed E-state index contributed by atoms with van der Waals surface area (Å²) in [6, 6.07) is 0. The van der Waals surface area contributed by atoms with Crippen LogP contribution in [0, 0.1) is 0 Å². The molecule has 2 heterocycles. The number of methoxy groups -OCH3 is 1. The average Bonchev–Trinajstić information content (AvgIpc) is 2.90. The van der Waals surface area contributed by atoms with Crippen molar-refractivity contribution in [3.8, 4) is 0 Å². The molecule has 1 aliphatic rings. The molecule has 118 valence electrons. The molecule has 0 unspecified atom stereocenters. The van der Waals surface area contributed by atoms with E-state index in [2.05, 4.69) is 14.6 Å². The lowest BCUT2D eigenvalue weighted by molar-refractivity contribution is 0.0589. The first-order valence-electron chi connectivity index (χ1n) is 6.43. The first-order valence-corrected chi connectivity index (χ1v) is 8.75. The Labute approximate surface area is 128 Å². The highest BCUT2D eigenvalue weighted by Gasteiger charge is 2.39. The fourth-order valence-corrected chi connectivity index (χ4v) is 5.03. The van der Waals surface area contributed by atoms with Gasteiger partial charge < -0.3 is 4.74 Å². The molecule has 0 radical (unpaired) electrons. The highest BCUT2D eigenvalue weighted by atomic mass is 32.2. The van der Waals surface area contributed by atoms with Crippen LogP contribution >= 0.6 is 11.3 Å². The number of thiazole rings is 1. The Balaban J connectivity index is 2.36. The highest BCUT2D eigenvalue weighted by molar-refractivity contribution is 7.91. The summed E-state index contributed by atoms with van der Waals surface area (Å²) in [4.78, 5) is 17.6. The molecule has 9 heteroatoms. The zero-order valence-electron chi connectivity index (χ0n) is 12.5. The summed E-state index contributed by atoms with van der Waals surface area (Å²) in [6.45, 7) is 5.37. The Morgan fingerprint density at radius 1 is 1.43 bits per heavy atom. The van der Waals surface area contributed by atoms with Crippen molar-refractivity contribution in [1.29, 1.82) is 0 Å². The number of rotatable bonds is 3. The molecule has 0 N–H and O–H groups in total. The molecule has 0 spiro atoms. The molecule has 0 saturated carbocycles. The number of esters is 1. The first-order chi connectivity index (χ1) is 9.70. The standard InChI is InChI=1S/C12H19N3O4S2/c1-12(2)7-15(6-5-14(12)3)21(17,18)11-9(10(16)19-4)13-8-20-11/h8H,5-7H2,1-4H3. The smallest absolute Gasteiger partial charge is 0.358 e. The number of carbonyl (C=O) groups is 1. The number of hydrogen-bond donors (Lipinski definition) is 0. The number of carbonyl (C=O) groups excluding carboxylic acids is 1. The van der Waals surface area contributed by atoms with Crippen molar-refractivity contribution in [2.75, 3.05) is 33.8 Å². The third-order valence-electron chi connectivity index (χ3n) is 3.77. The summed E-state index contributed by atoms with van der Waals surface area (Å²) in [5.74, 6) is -0.733. The molecule has 0 atom stereocenters. The predicted octanol–water partition coefficient (Wildman–Crippen LogP) is 0.644. The van der Waals surface area contributed by atoms with Crippen LogP contribution < -0.4 is 0 Å².